The molecule has 0 unspecified atom stereocenters. The van der Waals surface area contributed by atoms with E-state index in [2.05, 4.69) is 0 Å². The van der Waals surface area contributed by atoms with Gasteiger partial charge in [0.05, 0.1) is 22.6 Å². The van der Waals surface area contributed by atoms with Crippen LogP contribution in [0.4, 0.5) is 0 Å². The van der Waals surface area contributed by atoms with Gasteiger partial charge in [0, 0.05) is 7.05 Å². The highest BCUT2D eigenvalue weighted by Crippen LogP contribution is 2.23. The Kier molecular flexibility index (Phi) is 5.33. The second kappa shape index (κ2) is 7.53. The molecule has 140 valence electrons. The third-order valence-corrected chi connectivity index (χ3v) is 5.24. The monoisotopic (exact) mass is 383 g/mol. The predicted octanol–water partition coefficient (Wildman–Crippen LogP) is 3.76. The zero-order valence-electron chi connectivity index (χ0n) is 15.9. The smallest absolute Gasteiger partial charge is 0.266 e. The van der Waals surface area contributed by atoms with Crippen molar-refractivity contribution in [2.24, 2.45) is 0 Å². The number of benzene rings is 2. The van der Waals surface area contributed by atoms with Crippen molar-refractivity contribution in [1.29, 1.82) is 0 Å². The molecule has 2 aromatic carbocycles. The molecule has 5 nitrogen and oxygen atoms in total. The van der Waals surface area contributed by atoms with Gasteiger partial charge in [0.25, 0.3) is 5.56 Å². The van der Waals surface area contributed by atoms with E-state index in [1.807, 2.05) is 51.1 Å². The van der Waals surface area contributed by atoms with Gasteiger partial charge in [-0.15, -0.1) is 11.6 Å². The van der Waals surface area contributed by atoms with Crippen LogP contribution in [-0.2, 0) is 4.79 Å². The molecule has 0 aliphatic carbocycles. The summed E-state index contributed by atoms with van der Waals surface area (Å²) in [6.45, 7) is 5.88. The molecule has 0 fully saturated rings. The van der Waals surface area contributed by atoms with Crippen molar-refractivity contribution in [2.75, 3.05) is 12.9 Å². The largest absolute Gasteiger partial charge is 0.335 e. The minimum atomic E-state index is -0.421. The highest BCUT2D eigenvalue weighted by Gasteiger charge is 2.23. The quantitative estimate of drug-likeness (QED) is 0.644. The van der Waals surface area contributed by atoms with Crippen LogP contribution < -0.4 is 5.56 Å². The van der Waals surface area contributed by atoms with Gasteiger partial charge in [0.2, 0.25) is 5.91 Å². The van der Waals surface area contributed by atoms with Crippen molar-refractivity contribution in [3.63, 3.8) is 0 Å². The van der Waals surface area contributed by atoms with Gasteiger partial charge in [0.15, 0.2) is 0 Å². The zero-order valence-corrected chi connectivity index (χ0v) is 16.6. The maximum atomic E-state index is 13.3. The molecule has 1 atom stereocenters. The Bertz CT molecular complexity index is 1070. The Labute approximate surface area is 163 Å². The number of hydrogen-bond donors (Lipinski definition) is 0. The molecule has 0 spiro atoms. The number of amides is 1. The molecular formula is C21H22ClN3O2. The Morgan fingerprint density at radius 2 is 1.89 bits per heavy atom. The first-order chi connectivity index (χ1) is 12.8. The first-order valence-electron chi connectivity index (χ1n) is 8.76. The standard InChI is InChI=1S/C21H22ClN3O2/c1-13-9-10-16(11-14(13)2)25-20(15(3)24(4)19(26)12-22)23-18-8-6-5-7-17(18)21(25)27/h5-11,15H,12H2,1-4H3/t15-/m1/s1. The molecule has 1 aromatic heterocycles. The fourth-order valence-corrected chi connectivity index (χ4v) is 3.22. The van der Waals surface area contributed by atoms with Crippen LogP contribution in [0.3, 0.4) is 0 Å². The first-order valence-corrected chi connectivity index (χ1v) is 9.29. The number of carbonyl (C=O) groups is 1. The van der Waals surface area contributed by atoms with Crippen molar-refractivity contribution >= 4 is 28.4 Å². The molecule has 27 heavy (non-hydrogen) atoms. The summed E-state index contributed by atoms with van der Waals surface area (Å²) in [7, 11) is 1.67. The molecule has 6 heteroatoms. The Morgan fingerprint density at radius 1 is 1.19 bits per heavy atom. The van der Waals surface area contributed by atoms with Crippen molar-refractivity contribution < 1.29 is 4.79 Å². The molecule has 0 N–H and O–H groups in total. The maximum absolute atomic E-state index is 13.3. The summed E-state index contributed by atoms with van der Waals surface area (Å²) in [4.78, 5) is 31.6. The van der Waals surface area contributed by atoms with Crippen LogP contribution in [0.2, 0.25) is 0 Å². The lowest BCUT2D eigenvalue weighted by atomic mass is 10.1. The van der Waals surface area contributed by atoms with E-state index in [1.165, 1.54) is 4.90 Å². The van der Waals surface area contributed by atoms with Gasteiger partial charge in [-0.2, -0.15) is 0 Å². The van der Waals surface area contributed by atoms with E-state index in [9.17, 15) is 9.59 Å². The topological polar surface area (TPSA) is 55.2 Å². The fraction of sp³-hybridized carbons (Fsp3) is 0.286. The van der Waals surface area contributed by atoms with Crippen molar-refractivity contribution in [1.82, 2.24) is 14.5 Å². The summed E-state index contributed by atoms with van der Waals surface area (Å²) in [5.74, 6) is 0.156. The number of fused-ring (bicyclic) bond motifs is 1. The lowest BCUT2D eigenvalue weighted by Gasteiger charge is -2.26. The average Bonchev–Trinajstić information content (AvgIpc) is 2.68. The van der Waals surface area contributed by atoms with Crippen molar-refractivity contribution in [3.05, 3.63) is 69.8 Å². The third kappa shape index (κ3) is 3.47. The van der Waals surface area contributed by atoms with Crippen LogP contribution in [-0.4, -0.2) is 33.3 Å². The number of aromatic nitrogens is 2. The Hall–Kier alpha value is -2.66. The molecule has 0 radical (unpaired) electrons. The van der Waals surface area contributed by atoms with Crippen LogP contribution >= 0.6 is 11.6 Å². The molecule has 0 aliphatic rings. The van der Waals surface area contributed by atoms with Crippen molar-refractivity contribution in [2.45, 2.75) is 26.8 Å². The van der Waals surface area contributed by atoms with E-state index < -0.39 is 6.04 Å². The van der Waals surface area contributed by atoms with Crippen LogP contribution in [0.15, 0.2) is 47.3 Å². The number of hydrogen-bond acceptors (Lipinski definition) is 3. The molecule has 3 aromatic rings. The van der Waals surface area contributed by atoms with Gasteiger partial charge in [0.1, 0.15) is 11.7 Å². The summed E-state index contributed by atoms with van der Waals surface area (Å²) in [6, 6.07) is 12.7. The van der Waals surface area contributed by atoms with Crippen LogP contribution in [0, 0.1) is 13.8 Å². The second-order valence-electron chi connectivity index (χ2n) is 6.71. The lowest BCUT2D eigenvalue weighted by molar-refractivity contribution is -0.129. The highest BCUT2D eigenvalue weighted by molar-refractivity contribution is 6.27. The Balaban J connectivity index is 2.32. The number of rotatable bonds is 4. The SMILES string of the molecule is Cc1ccc(-n2c([C@@H](C)N(C)C(=O)CCl)nc3ccccc3c2=O)cc1C. The minimum absolute atomic E-state index is 0.123. The average molecular weight is 384 g/mol. The second-order valence-corrected chi connectivity index (χ2v) is 6.98. The third-order valence-electron chi connectivity index (χ3n) is 5.01. The molecular weight excluding hydrogens is 362 g/mol. The summed E-state index contributed by atoms with van der Waals surface area (Å²) in [5.41, 5.74) is 3.41. The van der Waals surface area contributed by atoms with Crippen LogP contribution in [0.1, 0.15) is 29.9 Å². The summed E-state index contributed by atoms with van der Waals surface area (Å²) in [6.07, 6.45) is 0. The molecule has 3 rings (SSSR count). The number of para-hydroxylation sites is 1. The van der Waals surface area contributed by atoms with Gasteiger partial charge < -0.3 is 4.90 Å². The van der Waals surface area contributed by atoms with Gasteiger partial charge in [-0.05, 0) is 56.2 Å². The summed E-state index contributed by atoms with van der Waals surface area (Å²) < 4.78 is 1.59. The molecule has 0 bridgehead atoms. The van der Waals surface area contributed by atoms with E-state index in [4.69, 9.17) is 16.6 Å². The Morgan fingerprint density at radius 3 is 2.56 bits per heavy atom. The summed E-state index contributed by atoms with van der Waals surface area (Å²) in [5, 5.41) is 0.540. The molecule has 1 heterocycles. The number of alkyl halides is 1. The predicted molar refractivity (Wildman–Crippen MR) is 109 cm³/mol. The number of aryl methyl sites for hydroxylation is 2. The molecule has 0 saturated carbocycles. The number of nitrogens with zero attached hydrogens (tertiary/aromatic N) is 3. The highest BCUT2D eigenvalue weighted by atomic mass is 35.5. The normalized spacial score (nSPS) is 12.2. The van der Waals surface area contributed by atoms with E-state index in [-0.39, 0.29) is 17.3 Å². The summed E-state index contributed by atoms with van der Waals surface area (Å²) >= 11 is 5.72. The van der Waals surface area contributed by atoms with Gasteiger partial charge in [-0.25, -0.2) is 4.98 Å². The number of carbonyl (C=O) groups excluding carboxylic acids is 1. The van der Waals surface area contributed by atoms with Gasteiger partial charge >= 0.3 is 0 Å². The van der Waals surface area contributed by atoms with E-state index >= 15 is 0 Å². The van der Waals surface area contributed by atoms with E-state index in [0.717, 1.165) is 16.8 Å². The van der Waals surface area contributed by atoms with E-state index in [0.29, 0.717) is 16.7 Å². The molecule has 0 aliphatic heterocycles. The van der Waals surface area contributed by atoms with Gasteiger partial charge in [-0.3, -0.25) is 14.2 Å². The molecule has 1 amide bonds. The molecule has 0 saturated heterocycles. The van der Waals surface area contributed by atoms with E-state index in [1.54, 1.807) is 23.7 Å². The van der Waals surface area contributed by atoms with Crippen LogP contribution in [0.25, 0.3) is 16.6 Å². The van der Waals surface area contributed by atoms with Crippen LogP contribution in [0.5, 0.6) is 0 Å². The van der Waals surface area contributed by atoms with Crippen molar-refractivity contribution in [3.8, 4) is 5.69 Å². The minimum Gasteiger partial charge on any atom is -0.335 e. The maximum Gasteiger partial charge on any atom is 0.266 e. The first kappa shape index (κ1) is 19.1. The number of halogens is 1. The lowest BCUT2D eigenvalue weighted by Crippen LogP contribution is -2.35. The zero-order chi connectivity index (χ0) is 19.7. The fourth-order valence-electron chi connectivity index (χ4n) is 3.03. The van der Waals surface area contributed by atoms with Gasteiger partial charge in [-0.1, -0.05) is 18.2 Å².